The molecule has 1 aliphatic rings. The second kappa shape index (κ2) is 5.33. The van der Waals surface area contributed by atoms with Crippen LogP contribution >= 0.6 is 0 Å². The van der Waals surface area contributed by atoms with Crippen LogP contribution in [-0.2, 0) is 0 Å². The number of likely N-dealkylation sites (N-methyl/N-ethyl adjacent to an activating group) is 1. The number of aromatic carboxylic acids is 1. The smallest absolute Gasteiger partial charge is 0.338 e. The minimum atomic E-state index is -0.978. The summed E-state index contributed by atoms with van der Waals surface area (Å²) in [5.41, 5.74) is 0.744. The molecule has 3 N–H and O–H groups in total. The number of hydrogen-bond acceptors (Lipinski definition) is 5. The molecule has 2 aromatic rings. The van der Waals surface area contributed by atoms with Crippen LogP contribution in [0.15, 0.2) is 12.5 Å². The highest BCUT2D eigenvalue weighted by Gasteiger charge is 2.24. The van der Waals surface area contributed by atoms with Crippen LogP contribution in [0.4, 0.5) is 5.82 Å². The fourth-order valence-electron chi connectivity index (χ4n) is 2.83. The number of H-pyrrole nitrogens is 1. The maximum atomic E-state index is 11.3. The summed E-state index contributed by atoms with van der Waals surface area (Å²) in [7, 11) is 2.10. The van der Waals surface area contributed by atoms with Crippen LogP contribution in [0.25, 0.3) is 11.0 Å². The number of hydrogen-bond donors (Lipinski definition) is 3. The van der Waals surface area contributed by atoms with Crippen molar-refractivity contribution in [1.29, 1.82) is 0 Å². The van der Waals surface area contributed by atoms with Gasteiger partial charge in [-0.05, 0) is 26.8 Å². The Morgan fingerprint density at radius 2 is 2.29 bits per heavy atom. The van der Waals surface area contributed by atoms with Crippen molar-refractivity contribution < 1.29 is 9.90 Å². The quantitative estimate of drug-likeness (QED) is 0.793. The average Bonchev–Trinajstić information content (AvgIpc) is 2.88. The van der Waals surface area contributed by atoms with Gasteiger partial charge in [-0.3, -0.25) is 0 Å². The summed E-state index contributed by atoms with van der Waals surface area (Å²) < 4.78 is 0. The number of aromatic nitrogens is 3. The first kappa shape index (κ1) is 13.8. The van der Waals surface area contributed by atoms with Gasteiger partial charge < -0.3 is 20.3 Å². The van der Waals surface area contributed by atoms with Crippen molar-refractivity contribution >= 4 is 22.8 Å². The summed E-state index contributed by atoms with van der Waals surface area (Å²) in [4.78, 5) is 24.8. The Morgan fingerprint density at radius 3 is 3.00 bits per heavy atom. The van der Waals surface area contributed by atoms with E-state index in [2.05, 4.69) is 39.1 Å². The van der Waals surface area contributed by atoms with Crippen molar-refractivity contribution in [3.63, 3.8) is 0 Å². The second-order valence-corrected chi connectivity index (χ2v) is 5.66. The number of piperidine rings is 1. The number of fused-ring (bicyclic) bond motifs is 1. The summed E-state index contributed by atoms with van der Waals surface area (Å²) in [5, 5.41) is 13.2. The number of nitrogens with zero attached hydrogens (tertiary/aromatic N) is 3. The largest absolute Gasteiger partial charge is 0.478 e. The van der Waals surface area contributed by atoms with E-state index in [1.54, 1.807) is 0 Å². The van der Waals surface area contributed by atoms with E-state index in [9.17, 15) is 9.90 Å². The SMILES string of the molecule is CC1CCC(Nc2ncnc3[nH]cc(C(=O)O)c23)CN1C. The number of carboxylic acids is 1. The molecule has 0 aromatic carbocycles. The molecular weight excluding hydrogens is 270 g/mol. The van der Waals surface area contributed by atoms with Gasteiger partial charge in [0.25, 0.3) is 0 Å². The molecule has 0 radical (unpaired) electrons. The predicted molar refractivity (Wildman–Crippen MR) is 79.6 cm³/mol. The molecule has 112 valence electrons. The Labute approximate surface area is 122 Å². The number of anilines is 1. The first-order valence-corrected chi connectivity index (χ1v) is 7.08. The molecule has 0 spiro atoms. The van der Waals surface area contributed by atoms with Gasteiger partial charge in [-0.15, -0.1) is 0 Å². The minimum Gasteiger partial charge on any atom is -0.478 e. The molecule has 0 amide bonds. The first-order valence-electron chi connectivity index (χ1n) is 7.08. The normalized spacial score (nSPS) is 23.3. The standard InChI is InChI=1S/C14H19N5O2/c1-8-3-4-9(6-19(8)2)18-13-11-10(14(20)21)5-15-12(11)16-7-17-13/h5,7-9H,3-4,6H2,1-2H3,(H,20,21)(H2,15,16,17,18). The zero-order chi connectivity index (χ0) is 15.0. The Balaban J connectivity index is 1.90. The van der Waals surface area contributed by atoms with Crippen LogP contribution in [0.5, 0.6) is 0 Å². The van der Waals surface area contributed by atoms with Crippen molar-refractivity contribution in [3.8, 4) is 0 Å². The zero-order valence-electron chi connectivity index (χ0n) is 12.1. The van der Waals surface area contributed by atoms with E-state index < -0.39 is 5.97 Å². The van der Waals surface area contributed by atoms with E-state index >= 15 is 0 Å². The van der Waals surface area contributed by atoms with Gasteiger partial charge in [0.15, 0.2) is 0 Å². The molecule has 3 heterocycles. The number of nitrogens with one attached hydrogen (secondary N) is 2. The topological polar surface area (TPSA) is 94.1 Å². The summed E-state index contributed by atoms with van der Waals surface area (Å²) >= 11 is 0. The van der Waals surface area contributed by atoms with Gasteiger partial charge in [0.1, 0.15) is 17.8 Å². The third-order valence-electron chi connectivity index (χ3n) is 4.23. The lowest BCUT2D eigenvalue weighted by molar-refractivity contribution is 0.0699. The molecule has 2 atom stereocenters. The highest BCUT2D eigenvalue weighted by atomic mass is 16.4. The molecular formula is C14H19N5O2. The second-order valence-electron chi connectivity index (χ2n) is 5.66. The minimum absolute atomic E-state index is 0.200. The lowest BCUT2D eigenvalue weighted by atomic mass is 10.00. The molecule has 0 aliphatic carbocycles. The molecule has 7 nitrogen and oxygen atoms in total. The van der Waals surface area contributed by atoms with Gasteiger partial charge in [-0.1, -0.05) is 0 Å². The molecule has 1 saturated heterocycles. The van der Waals surface area contributed by atoms with Crippen molar-refractivity contribution in [2.75, 3.05) is 18.9 Å². The Morgan fingerprint density at radius 1 is 1.48 bits per heavy atom. The van der Waals surface area contributed by atoms with Gasteiger partial charge in [0.2, 0.25) is 0 Å². The molecule has 3 rings (SSSR count). The molecule has 2 aromatic heterocycles. The van der Waals surface area contributed by atoms with E-state index in [1.807, 2.05) is 0 Å². The maximum Gasteiger partial charge on any atom is 0.338 e. The molecule has 0 bridgehead atoms. The van der Waals surface area contributed by atoms with Gasteiger partial charge in [0.05, 0.1) is 10.9 Å². The first-order chi connectivity index (χ1) is 10.1. The number of carboxylic acid groups (broad SMARTS) is 1. The number of likely N-dealkylation sites (tertiary alicyclic amines) is 1. The van der Waals surface area contributed by atoms with Gasteiger partial charge >= 0.3 is 5.97 Å². The Kier molecular flexibility index (Phi) is 3.50. The summed E-state index contributed by atoms with van der Waals surface area (Å²) in [6, 6.07) is 0.844. The van der Waals surface area contributed by atoms with Crippen LogP contribution in [0, 0.1) is 0 Å². The van der Waals surface area contributed by atoms with Crippen LogP contribution in [0.3, 0.4) is 0 Å². The van der Waals surface area contributed by atoms with Crippen molar-refractivity contribution in [2.45, 2.75) is 31.8 Å². The van der Waals surface area contributed by atoms with Crippen molar-refractivity contribution in [1.82, 2.24) is 19.9 Å². The number of aromatic amines is 1. The summed E-state index contributed by atoms with van der Waals surface area (Å²) in [6.07, 6.45) is 5.06. The Hall–Kier alpha value is -2.15. The van der Waals surface area contributed by atoms with Crippen LogP contribution in [-0.4, -0.2) is 56.6 Å². The van der Waals surface area contributed by atoms with E-state index in [0.29, 0.717) is 22.9 Å². The van der Waals surface area contributed by atoms with E-state index in [1.165, 1.54) is 12.5 Å². The monoisotopic (exact) mass is 289 g/mol. The van der Waals surface area contributed by atoms with E-state index in [0.717, 1.165) is 19.4 Å². The van der Waals surface area contributed by atoms with Crippen molar-refractivity contribution in [3.05, 3.63) is 18.1 Å². The lowest BCUT2D eigenvalue weighted by Crippen LogP contribution is -2.44. The molecule has 1 aliphatic heterocycles. The van der Waals surface area contributed by atoms with Crippen molar-refractivity contribution in [2.24, 2.45) is 0 Å². The third-order valence-corrected chi connectivity index (χ3v) is 4.23. The van der Waals surface area contributed by atoms with Crippen LogP contribution < -0.4 is 5.32 Å². The highest BCUT2D eigenvalue weighted by molar-refractivity contribution is 6.06. The molecule has 21 heavy (non-hydrogen) atoms. The van der Waals surface area contributed by atoms with E-state index in [-0.39, 0.29) is 11.6 Å². The summed E-state index contributed by atoms with van der Waals surface area (Å²) in [5.74, 6) is -0.389. The van der Waals surface area contributed by atoms with Gasteiger partial charge in [-0.2, -0.15) is 0 Å². The van der Waals surface area contributed by atoms with Gasteiger partial charge in [-0.25, -0.2) is 14.8 Å². The van der Waals surface area contributed by atoms with Crippen LogP contribution in [0.2, 0.25) is 0 Å². The number of carbonyl (C=O) groups is 1. The fraction of sp³-hybridized carbons (Fsp3) is 0.500. The average molecular weight is 289 g/mol. The zero-order valence-corrected chi connectivity index (χ0v) is 12.1. The maximum absolute atomic E-state index is 11.3. The van der Waals surface area contributed by atoms with E-state index in [4.69, 9.17) is 0 Å². The fourth-order valence-corrected chi connectivity index (χ4v) is 2.83. The van der Waals surface area contributed by atoms with Crippen LogP contribution in [0.1, 0.15) is 30.1 Å². The molecule has 2 unspecified atom stereocenters. The highest BCUT2D eigenvalue weighted by Crippen LogP contribution is 2.26. The van der Waals surface area contributed by atoms with Gasteiger partial charge in [0, 0.05) is 24.8 Å². The molecule has 7 heteroatoms. The summed E-state index contributed by atoms with van der Waals surface area (Å²) in [6.45, 7) is 3.13. The lowest BCUT2D eigenvalue weighted by Gasteiger charge is -2.35. The Bertz CT molecular complexity index is 668. The molecule has 1 fully saturated rings. The third kappa shape index (κ3) is 2.56. The molecule has 0 saturated carbocycles. The number of rotatable bonds is 3. The predicted octanol–water partition coefficient (Wildman–Crippen LogP) is 1.55.